The summed E-state index contributed by atoms with van der Waals surface area (Å²) in [7, 11) is 0. The fourth-order valence-corrected chi connectivity index (χ4v) is 0.651. The van der Waals surface area contributed by atoms with E-state index < -0.39 is 0 Å². The molecule has 0 heterocycles. The molecule has 0 aromatic rings. The zero-order chi connectivity index (χ0) is 6.95. The Bertz CT molecular complexity index is 40.2. The van der Waals surface area contributed by atoms with Gasteiger partial charge in [-0.2, -0.15) is 0 Å². The molecule has 0 rings (SSSR count). The molecule has 1 radical (unpaired) electrons. The van der Waals surface area contributed by atoms with E-state index in [1.165, 1.54) is 6.42 Å². The van der Waals surface area contributed by atoms with Crippen LogP contribution in [0.1, 0.15) is 20.3 Å². The first-order valence-corrected chi connectivity index (χ1v) is 3.75. The summed E-state index contributed by atoms with van der Waals surface area (Å²) in [5.74, 6) is 0. The molecule has 9 heavy (non-hydrogen) atoms. The highest BCUT2D eigenvalue weighted by Gasteiger charge is 1.84. The van der Waals surface area contributed by atoms with Crippen LogP contribution in [0.25, 0.3) is 0 Å². The predicted molar refractivity (Wildman–Crippen MR) is 40.7 cm³/mol. The van der Waals surface area contributed by atoms with Crippen LogP contribution in [-0.2, 0) is 0 Å². The van der Waals surface area contributed by atoms with E-state index in [2.05, 4.69) is 24.5 Å². The molecule has 2 nitrogen and oxygen atoms in total. The summed E-state index contributed by atoms with van der Waals surface area (Å²) in [6, 6.07) is 0. The summed E-state index contributed by atoms with van der Waals surface area (Å²) < 4.78 is 0. The van der Waals surface area contributed by atoms with Gasteiger partial charge >= 0.3 is 0 Å². The summed E-state index contributed by atoms with van der Waals surface area (Å²) in [4.78, 5) is 0. The van der Waals surface area contributed by atoms with Crippen LogP contribution < -0.4 is 10.6 Å². The van der Waals surface area contributed by atoms with Crippen LogP contribution in [0, 0.1) is 0 Å². The lowest BCUT2D eigenvalue weighted by Crippen LogP contribution is -2.17. The van der Waals surface area contributed by atoms with Crippen LogP contribution in [0.5, 0.6) is 0 Å². The van der Waals surface area contributed by atoms with Gasteiger partial charge in [0.25, 0.3) is 0 Å². The zero-order valence-corrected chi connectivity index (χ0v) is 6.48. The lowest BCUT2D eigenvalue weighted by atomic mass is 10.4. The van der Waals surface area contributed by atoms with E-state index in [1.807, 2.05) is 0 Å². The third-order valence-electron chi connectivity index (χ3n) is 1.14. The van der Waals surface area contributed by atoms with Crippen molar-refractivity contribution in [3.63, 3.8) is 0 Å². The van der Waals surface area contributed by atoms with Gasteiger partial charge < -0.3 is 5.32 Å². The zero-order valence-electron chi connectivity index (χ0n) is 6.48. The SMILES string of the molecule is CC[N]CCCNCC. The molecule has 0 amide bonds. The lowest BCUT2D eigenvalue weighted by molar-refractivity contribution is 0.612. The molecule has 0 saturated carbocycles. The fourth-order valence-electron chi connectivity index (χ4n) is 0.651. The second-order valence-corrected chi connectivity index (χ2v) is 1.97. The molecule has 0 aliphatic rings. The molecule has 55 valence electrons. The molecule has 0 aromatic carbocycles. The van der Waals surface area contributed by atoms with E-state index >= 15 is 0 Å². The molecule has 0 bridgehead atoms. The van der Waals surface area contributed by atoms with Gasteiger partial charge in [-0.15, -0.1) is 0 Å². The summed E-state index contributed by atoms with van der Waals surface area (Å²) in [6.45, 7) is 8.37. The standard InChI is InChI=1S/C7H17N2/c1-3-8-6-5-7-9-4-2/h8H,3-7H2,1-2H3. The van der Waals surface area contributed by atoms with Gasteiger partial charge in [0, 0.05) is 13.1 Å². The minimum Gasteiger partial charge on any atom is -0.317 e. The van der Waals surface area contributed by atoms with Crippen molar-refractivity contribution in [2.75, 3.05) is 26.2 Å². The average Bonchev–Trinajstić information content (AvgIpc) is 1.89. The summed E-state index contributed by atoms with van der Waals surface area (Å²) in [5.41, 5.74) is 0. The van der Waals surface area contributed by atoms with E-state index in [0.29, 0.717) is 0 Å². The Balaban J connectivity index is 2.60. The van der Waals surface area contributed by atoms with Crippen molar-refractivity contribution in [1.82, 2.24) is 10.6 Å². The van der Waals surface area contributed by atoms with Gasteiger partial charge in [0.15, 0.2) is 0 Å². The Morgan fingerprint density at radius 3 is 2.67 bits per heavy atom. The van der Waals surface area contributed by atoms with Crippen molar-refractivity contribution in [3.8, 4) is 0 Å². The molecular weight excluding hydrogens is 112 g/mol. The number of nitrogens with one attached hydrogen (secondary N) is 1. The highest BCUT2D eigenvalue weighted by Crippen LogP contribution is 1.72. The Labute approximate surface area is 58.0 Å². The summed E-state index contributed by atoms with van der Waals surface area (Å²) >= 11 is 0. The lowest BCUT2D eigenvalue weighted by Gasteiger charge is -1.99. The molecule has 0 aromatic heterocycles. The minimum absolute atomic E-state index is 0.964. The first kappa shape index (κ1) is 8.92. The smallest absolute Gasteiger partial charge is 0.0145 e. The second-order valence-electron chi connectivity index (χ2n) is 1.97. The monoisotopic (exact) mass is 129 g/mol. The molecule has 0 fully saturated rings. The molecule has 2 heteroatoms. The number of rotatable bonds is 6. The van der Waals surface area contributed by atoms with Crippen LogP contribution in [0.3, 0.4) is 0 Å². The maximum absolute atomic E-state index is 4.20. The molecule has 0 aliphatic carbocycles. The van der Waals surface area contributed by atoms with Gasteiger partial charge in [0.1, 0.15) is 0 Å². The third-order valence-corrected chi connectivity index (χ3v) is 1.14. The first-order chi connectivity index (χ1) is 4.41. The normalized spacial score (nSPS) is 10.0. The topological polar surface area (TPSA) is 26.1 Å². The Morgan fingerprint density at radius 1 is 1.33 bits per heavy atom. The van der Waals surface area contributed by atoms with Crippen LogP contribution in [0.15, 0.2) is 0 Å². The quantitative estimate of drug-likeness (QED) is 0.522. The highest BCUT2D eigenvalue weighted by molar-refractivity contribution is 4.46. The maximum atomic E-state index is 4.20. The van der Waals surface area contributed by atoms with Gasteiger partial charge in [-0.05, 0) is 19.5 Å². The van der Waals surface area contributed by atoms with Gasteiger partial charge in [0.05, 0.1) is 0 Å². The van der Waals surface area contributed by atoms with Gasteiger partial charge in [-0.1, -0.05) is 13.8 Å². The van der Waals surface area contributed by atoms with Crippen molar-refractivity contribution >= 4 is 0 Å². The molecule has 1 N–H and O–H groups in total. The van der Waals surface area contributed by atoms with E-state index in [-0.39, 0.29) is 0 Å². The van der Waals surface area contributed by atoms with Crippen molar-refractivity contribution < 1.29 is 0 Å². The van der Waals surface area contributed by atoms with Crippen LogP contribution >= 0.6 is 0 Å². The van der Waals surface area contributed by atoms with Crippen molar-refractivity contribution in [2.24, 2.45) is 0 Å². The summed E-state index contributed by atoms with van der Waals surface area (Å²) in [5, 5.41) is 7.45. The molecule has 0 saturated heterocycles. The van der Waals surface area contributed by atoms with Crippen LogP contribution in [0.2, 0.25) is 0 Å². The Morgan fingerprint density at radius 2 is 2.11 bits per heavy atom. The number of hydrogen-bond acceptors (Lipinski definition) is 1. The molecule has 0 atom stereocenters. The van der Waals surface area contributed by atoms with Crippen molar-refractivity contribution in [3.05, 3.63) is 0 Å². The van der Waals surface area contributed by atoms with Gasteiger partial charge in [-0.3, -0.25) is 0 Å². The highest BCUT2D eigenvalue weighted by atomic mass is 14.9. The first-order valence-electron chi connectivity index (χ1n) is 3.75. The van der Waals surface area contributed by atoms with Crippen molar-refractivity contribution in [2.45, 2.75) is 20.3 Å². The average molecular weight is 129 g/mol. The van der Waals surface area contributed by atoms with E-state index in [0.717, 1.165) is 26.2 Å². The fraction of sp³-hybridized carbons (Fsp3) is 1.00. The largest absolute Gasteiger partial charge is 0.317 e. The number of hydrogen-bond donors (Lipinski definition) is 1. The van der Waals surface area contributed by atoms with Crippen LogP contribution in [-0.4, -0.2) is 26.2 Å². The van der Waals surface area contributed by atoms with Gasteiger partial charge in [-0.25, -0.2) is 5.32 Å². The van der Waals surface area contributed by atoms with Gasteiger partial charge in [0.2, 0.25) is 0 Å². The van der Waals surface area contributed by atoms with E-state index in [9.17, 15) is 0 Å². The van der Waals surface area contributed by atoms with Crippen molar-refractivity contribution in [1.29, 1.82) is 0 Å². The molecule has 0 aliphatic heterocycles. The minimum atomic E-state index is 0.964. The summed E-state index contributed by atoms with van der Waals surface area (Å²) in [6.07, 6.45) is 1.18. The molecular formula is C7H17N2. The third kappa shape index (κ3) is 7.92. The molecule has 0 unspecified atom stereocenters. The Hall–Kier alpha value is -0.0800. The van der Waals surface area contributed by atoms with Crippen LogP contribution in [0.4, 0.5) is 0 Å². The Kier molecular flexibility index (Phi) is 7.85. The second kappa shape index (κ2) is 7.92. The van der Waals surface area contributed by atoms with E-state index in [4.69, 9.17) is 0 Å². The number of nitrogens with zero attached hydrogens (tertiary/aromatic N) is 1. The maximum Gasteiger partial charge on any atom is 0.0145 e. The predicted octanol–water partition coefficient (Wildman–Crippen LogP) is 0.610. The van der Waals surface area contributed by atoms with E-state index in [1.54, 1.807) is 0 Å². The molecule has 0 spiro atoms.